The third kappa shape index (κ3) is 2.89. The predicted molar refractivity (Wildman–Crippen MR) is 88.0 cm³/mol. The van der Waals surface area contributed by atoms with Crippen molar-refractivity contribution in [1.29, 1.82) is 0 Å². The molecule has 0 atom stereocenters. The lowest BCUT2D eigenvalue weighted by Crippen LogP contribution is -2.02. The van der Waals surface area contributed by atoms with Gasteiger partial charge in [0.05, 0.1) is 0 Å². The molecule has 0 saturated heterocycles. The standard InChI is InChI=1S/C18H15NO4/c20-16-8-5-11-3-1-2-4-13(11)15(16)10-19-12-6-7-14(18(22)23)17(21)9-12/h1-9,19-21H,10H2,(H,22,23). The summed E-state index contributed by atoms with van der Waals surface area (Å²) in [5.74, 6) is -1.30. The van der Waals surface area contributed by atoms with Crippen molar-refractivity contribution in [2.24, 2.45) is 0 Å². The number of carbonyl (C=O) groups is 1. The van der Waals surface area contributed by atoms with Crippen LogP contribution in [-0.4, -0.2) is 21.3 Å². The second-order valence-corrected chi connectivity index (χ2v) is 5.18. The molecular formula is C18H15NO4. The predicted octanol–water partition coefficient (Wildman–Crippen LogP) is 3.56. The van der Waals surface area contributed by atoms with E-state index in [-0.39, 0.29) is 17.1 Å². The van der Waals surface area contributed by atoms with Gasteiger partial charge in [-0.15, -0.1) is 0 Å². The number of aromatic hydroxyl groups is 2. The van der Waals surface area contributed by atoms with E-state index in [1.807, 2.05) is 30.3 Å². The summed E-state index contributed by atoms with van der Waals surface area (Å²) in [4.78, 5) is 10.9. The number of aromatic carboxylic acids is 1. The molecule has 0 aliphatic carbocycles. The smallest absolute Gasteiger partial charge is 0.339 e. The van der Waals surface area contributed by atoms with Crippen molar-refractivity contribution in [3.63, 3.8) is 0 Å². The van der Waals surface area contributed by atoms with Crippen LogP contribution in [0.5, 0.6) is 11.5 Å². The molecule has 23 heavy (non-hydrogen) atoms. The van der Waals surface area contributed by atoms with Gasteiger partial charge >= 0.3 is 5.97 Å². The van der Waals surface area contributed by atoms with Gasteiger partial charge in [-0.25, -0.2) is 4.79 Å². The molecule has 0 aliphatic heterocycles. The van der Waals surface area contributed by atoms with Crippen LogP contribution in [-0.2, 0) is 6.54 Å². The highest BCUT2D eigenvalue weighted by Gasteiger charge is 2.11. The van der Waals surface area contributed by atoms with E-state index in [1.165, 1.54) is 12.1 Å². The first-order valence-corrected chi connectivity index (χ1v) is 7.06. The van der Waals surface area contributed by atoms with Gasteiger partial charge < -0.3 is 20.6 Å². The summed E-state index contributed by atoms with van der Waals surface area (Å²) < 4.78 is 0. The molecule has 0 aromatic heterocycles. The zero-order chi connectivity index (χ0) is 16.4. The zero-order valence-electron chi connectivity index (χ0n) is 12.2. The third-order valence-corrected chi connectivity index (χ3v) is 3.71. The molecule has 0 aliphatic rings. The quantitative estimate of drug-likeness (QED) is 0.591. The Morgan fingerprint density at radius 2 is 1.74 bits per heavy atom. The van der Waals surface area contributed by atoms with E-state index in [1.54, 1.807) is 12.1 Å². The molecule has 0 radical (unpaired) electrons. The van der Waals surface area contributed by atoms with Crippen LogP contribution in [0.2, 0.25) is 0 Å². The summed E-state index contributed by atoms with van der Waals surface area (Å²) in [6, 6.07) is 15.5. The Morgan fingerprint density at radius 1 is 0.957 bits per heavy atom. The summed E-state index contributed by atoms with van der Waals surface area (Å²) >= 11 is 0. The Morgan fingerprint density at radius 3 is 2.48 bits per heavy atom. The highest BCUT2D eigenvalue weighted by molar-refractivity contribution is 5.91. The van der Waals surface area contributed by atoms with E-state index in [0.717, 1.165) is 16.3 Å². The van der Waals surface area contributed by atoms with Gasteiger partial charge in [0.25, 0.3) is 0 Å². The molecule has 3 aromatic carbocycles. The normalized spacial score (nSPS) is 10.6. The average Bonchev–Trinajstić information content (AvgIpc) is 2.53. The summed E-state index contributed by atoms with van der Waals surface area (Å²) in [6.07, 6.45) is 0. The van der Waals surface area contributed by atoms with Gasteiger partial charge in [0, 0.05) is 23.9 Å². The van der Waals surface area contributed by atoms with Gasteiger partial charge in [0.1, 0.15) is 17.1 Å². The lowest BCUT2D eigenvalue weighted by Gasteiger charge is -2.12. The number of hydrogen-bond donors (Lipinski definition) is 4. The topological polar surface area (TPSA) is 89.8 Å². The first-order chi connectivity index (χ1) is 11.1. The van der Waals surface area contributed by atoms with Crippen molar-refractivity contribution < 1.29 is 20.1 Å². The summed E-state index contributed by atoms with van der Waals surface area (Å²) in [6.45, 7) is 0.346. The Bertz CT molecular complexity index is 889. The highest BCUT2D eigenvalue weighted by Crippen LogP contribution is 2.29. The van der Waals surface area contributed by atoms with Crippen LogP contribution in [0.3, 0.4) is 0 Å². The van der Waals surface area contributed by atoms with Crippen LogP contribution in [0.4, 0.5) is 5.69 Å². The summed E-state index contributed by atoms with van der Waals surface area (Å²) in [5, 5.41) is 33.8. The monoisotopic (exact) mass is 309 g/mol. The van der Waals surface area contributed by atoms with Crippen LogP contribution in [0.25, 0.3) is 10.8 Å². The molecule has 0 unspecified atom stereocenters. The van der Waals surface area contributed by atoms with Crippen LogP contribution in [0.1, 0.15) is 15.9 Å². The molecule has 3 aromatic rings. The lowest BCUT2D eigenvalue weighted by molar-refractivity contribution is 0.0694. The number of hydrogen-bond acceptors (Lipinski definition) is 4. The Balaban J connectivity index is 1.88. The fourth-order valence-corrected chi connectivity index (χ4v) is 2.52. The van der Waals surface area contributed by atoms with Crippen molar-refractivity contribution in [2.75, 3.05) is 5.32 Å². The summed E-state index contributed by atoms with van der Waals surface area (Å²) in [7, 11) is 0. The Hall–Kier alpha value is -3.21. The maximum atomic E-state index is 10.9. The van der Waals surface area contributed by atoms with Crippen molar-refractivity contribution in [1.82, 2.24) is 0 Å². The fourth-order valence-electron chi connectivity index (χ4n) is 2.52. The second kappa shape index (κ2) is 5.88. The average molecular weight is 309 g/mol. The number of fused-ring (bicyclic) bond motifs is 1. The number of benzene rings is 3. The molecule has 0 heterocycles. The van der Waals surface area contributed by atoms with Crippen LogP contribution < -0.4 is 5.32 Å². The molecule has 0 bridgehead atoms. The minimum Gasteiger partial charge on any atom is -0.508 e. The second-order valence-electron chi connectivity index (χ2n) is 5.18. The first-order valence-electron chi connectivity index (χ1n) is 7.06. The largest absolute Gasteiger partial charge is 0.508 e. The van der Waals surface area contributed by atoms with Crippen LogP contribution >= 0.6 is 0 Å². The van der Waals surface area contributed by atoms with Gasteiger partial charge in [0.15, 0.2) is 0 Å². The third-order valence-electron chi connectivity index (χ3n) is 3.71. The maximum Gasteiger partial charge on any atom is 0.339 e. The number of phenolic OH excluding ortho intramolecular Hbond substituents is 1. The van der Waals surface area contributed by atoms with Gasteiger partial charge in [-0.1, -0.05) is 30.3 Å². The molecule has 116 valence electrons. The lowest BCUT2D eigenvalue weighted by atomic mass is 10.0. The van der Waals surface area contributed by atoms with Crippen molar-refractivity contribution >= 4 is 22.4 Å². The van der Waals surface area contributed by atoms with E-state index in [4.69, 9.17) is 5.11 Å². The van der Waals surface area contributed by atoms with E-state index in [9.17, 15) is 15.0 Å². The Kier molecular flexibility index (Phi) is 3.76. The number of anilines is 1. The number of carboxylic acid groups (broad SMARTS) is 1. The van der Waals surface area contributed by atoms with Gasteiger partial charge in [-0.3, -0.25) is 0 Å². The maximum absolute atomic E-state index is 10.9. The van der Waals surface area contributed by atoms with E-state index in [0.29, 0.717) is 12.2 Å². The van der Waals surface area contributed by atoms with E-state index < -0.39 is 5.97 Å². The van der Waals surface area contributed by atoms with Gasteiger partial charge in [-0.05, 0) is 29.0 Å². The minimum atomic E-state index is -1.18. The van der Waals surface area contributed by atoms with Crippen molar-refractivity contribution in [3.8, 4) is 11.5 Å². The first kappa shape index (κ1) is 14.7. The SMILES string of the molecule is O=C(O)c1ccc(NCc2c(O)ccc3ccccc23)cc1O. The van der Waals surface area contributed by atoms with Crippen molar-refractivity contribution in [2.45, 2.75) is 6.54 Å². The molecule has 5 heteroatoms. The number of carboxylic acids is 1. The molecule has 3 rings (SSSR count). The minimum absolute atomic E-state index is 0.149. The molecule has 0 amide bonds. The molecule has 5 nitrogen and oxygen atoms in total. The molecule has 0 saturated carbocycles. The zero-order valence-corrected chi connectivity index (χ0v) is 12.2. The van der Waals surface area contributed by atoms with Crippen molar-refractivity contribution in [3.05, 3.63) is 65.7 Å². The van der Waals surface area contributed by atoms with E-state index >= 15 is 0 Å². The Labute approximate surface area is 132 Å². The molecule has 0 spiro atoms. The van der Waals surface area contributed by atoms with Crippen LogP contribution in [0, 0.1) is 0 Å². The molecular weight excluding hydrogens is 294 g/mol. The number of nitrogens with one attached hydrogen (secondary N) is 1. The highest BCUT2D eigenvalue weighted by atomic mass is 16.4. The van der Waals surface area contributed by atoms with Gasteiger partial charge in [-0.2, -0.15) is 0 Å². The number of phenols is 2. The number of rotatable bonds is 4. The van der Waals surface area contributed by atoms with Crippen LogP contribution in [0.15, 0.2) is 54.6 Å². The fraction of sp³-hybridized carbons (Fsp3) is 0.0556. The van der Waals surface area contributed by atoms with E-state index in [2.05, 4.69) is 5.32 Å². The summed E-state index contributed by atoms with van der Waals surface area (Å²) in [5.41, 5.74) is 1.16. The van der Waals surface area contributed by atoms with Gasteiger partial charge in [0.2, 0.25) is 0 Å². The molecule has 0 fully saturated rings. The molecule has 4 N–H and O–H groups in total.